The van der Waals surface area contributed by atoms with Crippen LogP contribution in [0.4, 0.5) is 4.39 Å². The summed E-state index contributed by atoms with van der Waals surface area (Å²) < 4.78 is 13.4. The molecule has 1 aliphatic rings. The fourth-order valence-corrected chi connectivity index (χ4v) is 2.44. The second kappa shape index (κ2) is 7.14. The van der Waals surface area contributed by atoms with Crippen LogP contribution < -0.4 is 5.32 Å². The Kier molecular flexibility index (Phi) is 5.24. The summed E-state index contributed by atoms with van der Waals surface area (Å²) >= 11 is 0. The number of carbonyl (C=O) groups is 2. The molecule has 1 aliphatic heterocycles. The first kappa shape index (κ1) is 14.7. The molecule has 5 heteroatoms. The van der Waals surface area contributed by atoms with Crippen LogP contribution in [0, 0.1) is 11.7 Å². The first-order chi connectivity index (χ1) is 9.69. The van der Waals surface area contributed by atoms with Gasteiger partial charge in [-0.15, -0.1) is 0 Å². The Labute approximate surface area is 118 Å². The van der Waals surface area contributed by atoms with E-state index in [1.807, 2.05) is 4.90 Å². The van der Waals surface area contributed by atoms with Crippen LogP contribution in [0.1, 0.15) is 18.4 Å². The van der Waals surface area contributed by atoms with E-state index in [1.165, 1.54) is 6.07 Å². The van der Waals surface area contributed by atoms with Crippen molar-refractivity contribution in [1.82, 2.24) is 10.2 Å². The van der Waals surface area contributed by atoms with E-state index >= 15 is 0 Å². The normalized spacial score (nSPS) is 19.6. The van der Waals surface area contributed by atoms with Gasteiger partial charge in [0.05, 0.1) is 6.54 Å². The molecule has 1 fully saturated rings. The predicted octanol–water partition coefficient (Wildman–Crippen LogP) is 1.35. The number of halogens is 1. The van der Waals surface area contributed by atoms with E-state index in [0.717, 1.165) is 25.7 Å². The van der Waals surface area contributed by atoms with Crippen LogP contribution in [0.3, 0.4) is 0 Å². The topological polar surface area (TPSA) is 49.4 Å². The van der Waals surface area contributed by atoms with E-state index in [1.54, 1.807) is 18.2 Å². The second-order valence-corrected chi connectivity index (χ2v) is 5.14. The van der Waals surface area contributed by atoms with Gasteiger partial charge in [0.2, 0.25) is 5.91 Å². The average Bonchev–Trinajstić information content (AvgIpc) is 2.46. The van der Waals surface area contributed by atoms with Crippen molar-refractivity contribution in [1.29, 1.82) is 0 Å². The van der Waals surface area contributed by atoms with Crippen LogP contribution in [0.25, 0.3) is 0 Å². The standard InChI is InChI=1S/C15H19FN2O2/c16-14-6-2-1-5-13(14)8-17-15(20)10-18-7-3-4-12(9-18)11-19/h1-2,5-6,11-12H,3-4,7-10H2,(H,17,20). The summed E-state index contributed by atoms with van der Waals surface area (Å²) in [7, 11) is 0. The van der Waals surface area contributed by atoms with E-state index in [0.29, 0.717) is 12.1 Å². The zero-order valence-electron chi connectivity index (χ0n) is 11.3. The summed E-state index contributed by atoms with van der Waals surface area (Å²) in [5.74, 6) is -0.422. The molecule has 0 radical (unpaired) electrons. The Balaban J connectivity index is 1.78. The quantitative estimate of drug-likeness (QED) is 0.827. The number of aldehydes is 1. The van der Waals surface area contributed by atoms with Crippen molar-refractivity contribution in [3.63, 3.8) is 0 Å². The number of nitrogens with one attached hydrogen (secondary N) is 1. The lowest BCUT2D eigenvalue weighted by Gasteiger charge is -2.29. The number of carbonyl (C=O) groups excluding carboxylic acids is 2. The third-order valence-corrected chi connectivity index (χ3v) is 3.54. The summed E-state index contributed by atoms with van der Waals surface area (Å²) in [6, 6.07) is 6.39. The minimum Gasteiger partial charge on any atom is -0.351 e. The molecule has 1 amide bonds. The fraction of sp³-hybridized carbons (Fsp3) is 0.467. The molecule has 2 rings (SSSR count). The van der Waals surface area contributed by atoms with Crippen molar-refractivity contribution in [3.05, 3.63) is 35.6 Å². The molecule has 0 bridgehead atoms. The van der Waals surface area contributed by atoms with Crippen molar-refractivity contribution in [2.45, 2.75) is 19.4 Å². The Morgan fingerprint density at radius 2 is 2.25 bits per heavy atom. The van der Waals surface area contributed by atoms with Crippen molar-refractivity contribution >= 4 is 12.2 Å². The lowest BCUT2D eigenvalue weighted by atomic mass is 10.00. The zero-order valence-corrected chi connectivity index (χ0v) is 11.3. The Morgan fingerprint density at radius 1 is 1.45 bits per heavy atom. The maximum Gasteiger partial charge on any atom is 0.234 e. The van der Waals surface area contributed by atoms with E-state index in [2.05, 4.69) is 5.32 Å². The SMILES string of the molecule is O=CC1CCCN(CC(=O)NCc2ccccc2F)C1. The summed E-state index contributed by atoms with van der Waals surface area (Å²) in [4.78, 5) is 24.6. The van der Waals surface area contributed by atoms with E-state index in [4.69, 9.17) is 0 Å². The van der Waals surface area contributed by atoms with Gasteiger partial charge in [-0.2, -0.15) is 0 Å². The highest BCUT2D eigenvalue weighted by Crippen LogP contribution is 2.13. The number of piperidine rings is 1. The number of hydrogen-bond acceptors (Lipinski definition) is 3. The Morgan fingerprint density at radius 3 is 3.00 bits per heavy atom. The van der Waals surface area contributed by atoms with Crippen LogP contribution in [0.5, 0.6) is 0 Å². The Hall–Kier alpha value is -1.75. The second-order valence-electron chi connectivity index (χ2n) is 5.14. The first-order valence-electron chi connectivity index (χ1n) is 6.87. The molecule has 1 aromatic carbocycles. The molecular formula is C15H19FN2O2. The fourth-order valence-electron chi connectivity index (χ4n) is 2.44. The molecule has 20 heavy (non-hydrogen) atoms. The van der Waals surface area contributed by atoms with Crippen molar-refractivity contribution < 1.29 is 14.0 Å². The number of amides is 1. The highest BCUT2D eigenvalue weighted by Gasteiger charge is 2.20. The van der Waals surface area contributed by atoms with Crippen LogP contribution >= 0.6 is 0 Å². The molecule has 1 N–H and O–H groups in total. The van der Waals surface area contributed by atoms with Gasteiger partial charge in [-0.3, -0.25) is 9.69 Å². The van der Waals surface area contributed by atoms with Gasteiger partial charge in [0, 0.05) is 24.6 Å². The number of nitrogens with zero attached hydrogens (tertiary/aromatic N) is 1. The van der Waals surface area contributed by atoms with Crippen LogP contribution in [0.2, 0.25) is 0 Å². The van der Waals surface area contributed by atoms with Gasteiger partial charge in [-0.1, -0.05) is 18.2 Å². The summed E-state index contributed by atoms with van der Waals surface area (Å²) in [6.45, 7) is 1.92. The number of rotatable bonds is 5. The van der Waals surface area contributed by atoms with E-state index < -0.39 is 0 Å². The molecule has 1 aromatic rings. The van der Waals surface area contributed by atoms with Gasteiger partial charge < -0.3 is 10.1 Å². The average molecular weight is 278 g/mol. The molecule has 1 saturated heterocycles. The van der Waals surface area contributed by atoms with E-state index in [9.17, 15) is 14.0 Å². The maximum absolute atomic E-state index is 13.4. The van der Waals surface area contributed by atoms with Gasteiger partial charge in [0.1, 0.15) is 12.1 Å². The first-order valence-corrected chi connectivity index (χ1v) is 6.87. The highest BCUT2D eigenvalue weighted by molar-refractivity contribution is 5.78. The van der Waals surface area contributed by atoms with E-state index in [-0.39, 0.29) is 30.7 Å². The molecule has 4 nitrogen and oxygen atoms in total. The minimum atomic E-state index is -0.313. The highest BCUT2D eigenvalue weighted by atomic mass is 19.1. The molecule has 0 saturated carbocycles. The molecule has 108 valence electrons. The zero-order chi connectivity index (χ0) is 14.4. The molecule has 0 aliphatic carbocycles. The summed E-state index contributed by atoms with van der Waals surface area (Å²) in [5, 5.41) is 2.71. The number of hydrogen-bond donors (Lipinski definition) is 1. The van der Waals surface area contributed by atoms with Crippen LogP contribution in [-0.4, -0.2) is 36.7 Å². The molecular weight excluding hydrogens is 259 g/mol. The van der Waals surface area contributed by atoms with Crippen LogP contribution in [-0.2, 0) is 16.1 Å². The minimum absolute atomic E-state index is 0.0307. The molecule has 1 heterocycles. The summed E-state index contributed by atoms with van der Waals surface area (Å²) in [6.07, 6.45) is 2.80. The van der Waals surface area contributed by atoms with Crippen molar-refractivity contribution in [3.8, 4) is 0 Å². The molecule has 1 atom stereocenters. The van der Waals surface area contributed by atoms with Gasteiger partial charge in [-0.05, 0) is 25.5 Å². The van der Waals surface area contributed by atoms with Crippen LogP contribution in [0.15, 0.2) is 24.3 Å². The predicted molar refractivity (Wildman–Crippen MR) is 73.5 cm³/mol. The summed E-state index contributed by atoms with van der Waals surface area (Å²) in [5.41, 5.74) is 0.477. The van der Waals surface area contributed by atoms with Crippen molar-refractivity contribution in [2.75, 3.05) is 19.6 Å². The molecule has 1 unspecified atom stereocenters. The van der Waals surface area contributed by atoms with Gasteiger partial charge >= 0.3 is 0 Å². The number of benzene rings is 1. The Bertz CT molecular complexity index is 479. The smallest absolute Gasteiger partial charge is 0.234 e. The molecule has 0 aromatic heterocycles. The monoisotopic (exact) mass is 278 g/mol. The largest absolute Gasteiger partial charge is 0.351 e. The lowest BCUT2D eigenvalue weighted by molar-refractivity contribution is -0.123. The molecule has 0 spiro atoms. The third-order valence-electron chi connectivity index (χ3n) is 3.54. The third kappa shape index (κ3) is 4.13. The number of likely N-dealkylation sites (tertiary alicyclic amines) is 1. The van der Waals surface area contributed by atoms with Gasteiger partial charge in [-0.25, -0.2) is 4.39 Å². The lowest BCUT2D eigenvalue weighted by Crippen LogP contribution is -2.42. The van der Waals surface area contributed by atoms with Gasteiger partial charge in [0.15, 0.2) is 0 Å². The van der Waals surface area contributed by atoms with Gasteiger partial charge in [0.25, 0.3) is 0 Å². The maximum atomic E-state index is 13.4. The van der Waals surface area contributed by atoms with Crippen molar-refractivity contribution in [2.24, 2.45) is 5.92 Å².